The first-order valence-electron chi connectivity index (χ1n) is 9.19. The molecular weight excluding hydrogens is 336 g/mol. The summed E-state index contributed by atoms with van der Waals surface area (Å²) in [6.07, 6.45) is 6.18. The number of carbonyl (C=O) groups excluding carboxylic acids is 4. The molecule has 1 saturated carbocycles. The molecule has 1 heterocycles. The van der Waals surface area contributed by atoms with Crippen molar-refractivity contribution < 1.29 is 28.7 Å². The van der Waals surface area contributed by atoms with E-state index in [0.29, 0.717) is 24.7 Å². The van der Waals surface area contributed by atoms with Gasteiger partial charge in [0.25, 0.3) is 0 Å². The van der Waals surface area contributed by atoms with Crippen LogP contribution >= 0.6 is 0 Å². The number of fused-ring (bicyclic) bond motifs is 1. The summed E-state index contributed by atoms with van der Waals surface area (Å²) < 4.78 is 11.8. The third-order valence-electron chi connectivity index (χ3n) is 6.78. The van der Waals surface area contributed by atoms with Gasteiger partial charge in [-0.2, -0.15) is 0 Å². The molecule has 138 valence electrons. The number of hydrogen-bond acceptors (Lipinski definition) is 6. The molecule has 0 radical (unpaired) electrons. The van der Waals surface area contributed by atoms with Crippen molar-refractivity contribution in [3.05, 3.63) is 23.7 Å². The lowest BCUT2D eigenvalue weighted by atomic mass is 9.33. The molecule has 6 heteroatoms. The van der Waals surface area contributed by atoms with Gasteiger partial charge < -0.3 is 9.47 Å². The topological polar surface area (TPSA) is 86.7 Å². The van der Waals surface area contributed by atoms with E-state index in [0.717, 1.165) is 25.7 Å². The minimum Gasteiger partial charge on any atom is -0.497 e. The Morgan fingerprint density at radius 1 is 0.731 bits per heavy atom. The molecule has 0 aromatic carbocycles. The van der Waals surface area contributed by atoms with Gasteiger partial charge in [0.1, 0.15) is 11.5 Å². The van der Waals surface area contributed by atoms with E-state index in [-0.39, 0.29) is 0 Å². The summed E-state index contributed by atoms with van der Waals surface area (Å²) in [6.45, 7) is 4.17. The van der Waals surface area contributed by atoms with Crippen molar-refractivity contribution in [3.63, 3.8) is 0 Å². The highest BCUT2D eigenvalue weighted by Crippen LogP contribution is 2.71. The Hall–Kier alpha value is -2.24. The highest BCUT2D eigenvalue weighted by Gasteiger charge is 2.79. The predicted octanol–water partition coefficient (Wildman–Crippen LogP) is 1.92. The third-order valence-corrected chi connectivity index (χ3v) is 6.78. The van der Waals surface area contributed by atoms with Gasteiger partial charge in [-0.05, 0) is 25.7 Å². The smallest absolute Gasteiger partial charge is 0.225 e. The van der Waals surface area contributed by atoms with Crippen LogP contribution in [0.15, 0.2) is 23.7 Å². The van der Waals surface area contributed by atoms with Crippen LogP contribution in [0.1, 0.15) is 39.5 Å². The SMILES string of the molecule is C[C@@]12C(=O)C(=O)C=C3OCCCCCCOC4=CC(=O)C(=O)[C@]1(C)[C@H]4[C@H]32. The van der Waals surface area contributed by atoms with Crippen molar-refractivity contribution in [1.82, 2.24) is 0 Å². The van der Waals surface area contributed by atoms with Crippen molar-refractivity contribution in [2.75, 3.05) is 13.2 Å². The van der Waals surface area contributed by atoms with Crippen molar-refractivity contribution in [1.29, 1.82) is 0 Å². The molecule has 0 N–H and O–H groups in total. The Balaban J connectivity index is 1.87. The molecule has 1 aliphatic heterocycles. The van der Waals surface area contributed by atoms with Gasteiger partial charge in [0.15, 0.2) is 0 Å². The van der Waals surface area contributed by atoms with Crippen LogP contribution in [0.25, 0.3) is 0 Å². The summed E-state index contributed by atoms with van der Waals surface area (Å²) in [4.78, 5) is 50.2. The summed E-state index contributed by atoms with van der Waals surface area (Å²) in [5, 5.41) is 0. The number of allylic oxidation sites excluding steroid dienone is 4. The largest absolute Gasteiger partial charge is 0.497 e. The highest BCUT2D eigenvalue weighted by atomic mass is 16.5. The minimum atomic E-state index is -1.28. The zero-order valence-electron chi connectivity index (χ0n) is 15.0. The van der Waals surface area contributed by atoms with Crippen LogP contribution in [-0.4, -0.2) is 36.3 Å². The molecule has 0 aromatic heterocycles. The second kappa shape index (κ2) is 5.63. The van der Waals surface area contributed by atoms with Crippen LogP contribution in [-0.2, 0) is 28.7 Å². The van der Waals surface area contributed by atoms with E-state index >= 15 is 0 Å². The standard InChI is InChI=1S/C20H22O6/c1-19-15-13(9-11(21)17(19)23)25-7-5-3-4-6-8-26-14-10-12(22)18(24)20(19,2)16(14)15/h9-10,15-16H,3-8H2,1-2H3/t15-,16+,19+,20-. The zero-order chi connectivity index (χ0) is 18.7. The maximum atomic E-state index is 12.8. The Morgan fingerprint density at radius 3 is 1.50 bits per heavy atom. The van der Waals surface area contributed by atoms with Crippen molar-refractivity contribution in [2.45, 2.75) is 39.5 Å². The fraction of sp³-hybridized carbons (Fsp3) is 0.600. The molecule has 6 nitrogen and oxygen atoms in total. The van der Waals surface area contributed by atoms with Crippen LogP contribution < -0.4 is 0 Å². The number of ether oxygens (including phenoxy) is 2. The maximum absolute atomic E-state index is 12.8. The number of rotatable bonds is 0. The number of hydrogen-bond donors (Lipinski definition) is 0. The van der Waals surface area contributed by atoms with Gasteiger partial charge in [0.05, 0.1) is 24.0 Å². The van der Waals surface area contributed by atoms with Gasteiger partial charge in [-0.3, -0.25) is 19.2 Å². The van der Waals surface area contributed by atoms with Gasteiger partial charge in [0, 0.05) is 24.0 Å². The van der Waals surface area contributed by atoms with Crippen molar-refractivity contribution in [2.24, 2.45) is 22.7 Å². The summed E-state index contributed by atoms with van der Waals surface area (Å²) in [5.41, 5.74) is -2.56. The molecule has 1 saturated heterocycles. The summed E-state index contributed by atoms with van der Waals surface area (Å²) in [6, 6.07) is 0. The molecule has 3 aliphatic carbocycles. The molecular formula is C20H22O6. The van der Waals surface area contributed by atoms with Crippen molar-refractivity contribution in [3.8, 4) is 0 Å². The normalized spacial score (nSPS) is 39.9. The number of Topliss-reactive ketones (excluding diaryl/α,β-unsaturated/α-hetero) is 2. The van der Waals surface area contributed by atoms with E-state index in [2.05, 4.69) is 0 Å². The second-order valence-corrected chi connectivity index (χ2v) is 7.95. The third kappa shape index (κ3) is 1.93. The molecule has 4 aliphatic rings. The first-order valence-corrected chi connectivity index (χ1v) is 9.19. The van der Waals surface area contributed by atoms with Gasteiger partial charge >= 0.3 is 0 Å². The summed E-state index contributed by atoms with van der Waals surface area (Å²) in [7, 11) is 0. The van der Waals surface area contributed by atoms with Gasteiger partial charge in [0.2, 0.25) is 23.1 Å². The molecule has 4 rings (SSSR count). The van der Waals surface area contributed by atoms with Crippen LogP contribution in [0.5, 0.6) is 0 Å². The van der Waals surface area contributed by atoms with E-state index in [9.17, 15) is 19.2 Å². The van der Waals surface area contributed by atoms with Crippen LogP contribution in [0.3, 0.4) is 0 Å². The Labute approximate surface area is 151 Å². The van der Waals surface area contributed by atoms with Gasteiger partial charge in [-0.25, -0.2) is 0 Å². The molecule has 0 amide bonds. The monoisotopic (exact) mass is 358 g/mol. The molecule has 2 fully saturated rings. The van der Waals surface area contributed by atoms with Crippen LogP contribution in [0.4, 0.5) is 0 Å². The van der Waals surface area contributed by atoms with Gasteiger partial charge in [-0.15, -0.1) is 0 Å². The quantitative estimate of drug-likeness (QED) is 0.615. The summed E-state index contributed by atoms with van der Waals surface area (Å²) in [5.74, 6) is -2.61. The van der Waals surface area contributed by atoms with E-state index in [1.54, 1.807) is 13.8 Å². The Kier molecular flexibility index (Phi) is 3.72. The minimum absolute atomic E-state index is 0.441. The number of carbonyl (C=O) groups is 4. The summed E-state index contributed by atoms with van der Waals surface area (Å²) >= 11 is 0. The number of ketones is 4. The average molecular weight is 358 g/mol. The molecule has 4 atom stereocenters. The lowest BCUT2D eigenvalue weighted by molar-refractivity contribution is -0.202. The van der Waals surface area contributed by atoms with Crippen molar-refractivity contribution >= 4 is 23.1 Å². The van der Waals surface area contributed by atoms with E-state index in [4.69, 9.17) is 9.47 Å². The van der Waals surface area contributed by atoms with E-state index in [1.165, 1.54) is 12.2 Å². The van der Waals surface area contributed by atoms with Crippen LogP contribution in [0, 0.1) is 22.7 Å². The average Bonchev–Trinajstić information content (AvgIpc) is 2.60. The first-order chi connectivity index (χ1) is 12.3. The molecule has 0 unspecified atom stereocenters. The zero-order valence-corrected chi connectivity index (χ0v) is 15.0. The van der Waals surface area contributed by atoms with E-state index in [1.807, 2.05) is 0 Å². The second-order valence-electron chi connectivity index (χ2n) is 7.95. The van der Waals surface area contributed by atoms with E-state index < -0.39 is 45.8 Å². The Bertz CT molecular complexity index is 724. The molecule has 0 bridgehead atoms. The molecule has 0 spiro atoms. The molecule has 0 aromatic rings. The van der Waals surface area contributed by atoms with Gasteiger partial charge in [-0.1, -0.05) is 13.8 Å². The van der Waals surface area contributed by atoms with Crippen LogP contribution in [0.2, 0.25) is 0 Å². The predicted molar refractivity (Wildman–Crippen MR) is 89.8 cm³/mol. The highest BCUT2D eigenvalue weighted by molar-refractivity contribution is 6.49. The maximum Gasteiger partial charge on any atom is 0.225 e. The first kappa shape index (κ1) is 17.2. The fourth-order valence-electron chi connectivity index (χ4n) is 5.15. The lowest BCUT2D eigenvalue weighted by Crippen LogP contribution is -2.74. The lowest BCUT2D eigenvalue weighted by Gasteiger charge is -2.66. The fourth-order valence-corrected chi connectivity index (χ4v) is 5.15. The molecule has 26 heavy (non-hydrogen) atoms. The Morgan fingerprint density at radius 2 is 1.12 bits per heavy atom.